The molecule has 2 saturated heterocycles. The molecule has 5 nitrogen and oxygen atoms in total. The number of urea groups is 1. The van der Waals surface area contributed by atoms with Crippen LogP contribution in [0, 0.1) is 0 Å². The number of alkyl halides is 2. The number of rotatable bonds is 1. The van der Waals surface area contributed by atoms with E-state index in [1.54, 1.807) is 0 Å². The van der Waals surface area contributed by atoms with Crippen molar-refractivity contribution in [3.05, 3.63) is 0 Å². The molecule has 2 heterocycles. The molecule has 16 heavy (non-hydrogen) atoms. The Kier molecular flexibility index (Phi) is 2.69. The normalized spacial score (nSPS) is 28.5. The van der Waals surface area contributed by atoms with Crippen LogP contribution in [0.25, 0.3) is 0 Å². The number of likely N-dealkylation sites (tertiary alicyclic amines) is 1. The minimum absolute atomic E-state index is 0.0538. The summed E-state index contributed by atoms with van der Waals surface area (Å²) >= 11 is 0. The van der Waals surface area contributed by atoms with Crippen LogP contribution in [0.2, 0.25) is 0 Å². The van der Waals surface area contributed by atoms with Gasteiger partial charge in [-0.25, -0.2) is 13.6 Å². The van der Waals surface area contributed by atoms with Crippen LogP contribution in [0.3, 0.4) is 0 Å². The summed E-state index contributed by atoms with van der Waals surface area (Å²) in [6.07, 6.45) is -0.598. The number of nitrogens with zero attached hydrogens (tertiary/aromatic N) is 1. The van der Waals surface area contributed by atoms with Gasteiger partial charge in [-0.2, -0.15) is 0 Å². The maximum atomic E-state index is 12.9. The Bertz CT molecular complexity index is 312. The third-order valence-corrected chi connectivity index (χ3v) is 2.88. The summed E-state index contributed by atoms with van der Waals surface area (Å²) in [5, 5.41) is 4.90. The van der Waals surface area contributed by atoms with Gasteiger partial charge in [0.1, 0.15) is 6.04 Å². The van der Waals surface area contributed by atoms with Crippen LogP contribution in [-0.2, 0) is 4.79 Å². The molecule has 2 N–H and O–H groups in total. The Balaban J connectivity index is 1.89. The number of halogens is 2. The second kappa shape index (κ2) is 3.88. The Hall–Kier alpha value is -1.40. The fraction of sp³-hybridized carbons (Fsp3) is 0.778. The molecule has 1 unspecified atom stereocenters. The highest BCUT2D eigenvalue weighted by atomic mass is 19.3. The van der Waals surface area contributed by atoms with E-state index in [1.165, 1.54) is 4.90 Å². The summed E-state index contributed by atoms with van der Waals surface area (Å²) in [6, 6.07) is -1.00. The Morgan fingerprint density at radius 3 is 2.50 bits per heavy atom. The van der Waals surface area contributed by atoms with Gasteiger partial charge in [0.2, 0.25) is 5.91 Å². The number of carbonyl (C=O) groups excluding carboxylic acids is 2. The van der Waals surface area contributed by atoms with Crippen molar-refractivity contribution in [2.75, 3.05) is 19.6 Å². The number of amides is 3. The molecular weight excluding hydrogens is 220 g/mol. The van der Waals surface area contributed by atoms with Gasteiger partial charge in [-0.3, -0.25) is 4.79 Å². The molecule has 0 aromatic carbocycles. The SMILES string of the molecule is O=C1NCC(C(=O)N2CCC(F)(F)CC2)N1. The lowest BCUT2D eigenvalue weighted by atomic mass is 10.1. The monoisotopic (exact) mass is 233 g/mol. The summed E-state index contributed by atoms with van der Waals surface area (Å²) in [5.74, 6) is -2.94. The molecule has 0 saturated carbocycles. The molecule has 0 spiro atoms. The first kappa shape index (κ1) is 11.1. The zero-order valence-electron chi connectivity index (χ0n) is 8.63. The molecule has 3 amide bonds. The van der Waals surface area contributed by atoms with Gasteiger partial charge < -0.3 is 15.5 Å². The van der Waals surface area contributed by atoms with E-state index >= 15 is 0 Å². The Morgan fingerprint density at radius 1 is 1.38 bits per heavy atom. The maximum absolute atomic E-state index is 12.9. The first-order chi connectivity index (χ1) is 7.48. The van der Waals surface area contributed by atoms with Crippen LogP contribution in [0.15, 0.2) is 0 Å². The summed E-state index contributed by atoms with van der Waals surface area (Å²) in [4.78, 5) is 24.0. The Morgan fingerprint density at radius 2 is 2.00 bits per heavy atom. The molecule has 0 aromatic heterocycles. The molecule has 2 fully saturated rings. The Labute approximate surface area is 91.2 Å². The molecule has 90 valence electrons. The molecule has 7 heteroatoms. The summed E-state index contributed by atoms with van der Waals surface area (Å²) in [7, 11) is 0. The van der Waals surface area contributed by atoms with Gasteiger partial charge in [0, 0.05) is 32.5 Å². The lowest BCUT2D eigenvalue weighted by molar-refractivity contribution is -0.138. The second-order valence-electron chi connectivity index (χ2n) is 4.09. The molecular formula is C9H13F2N3O2. The van der Waals surface area contributed by atoms with Crippen molar-refractivity contribution in [3.8, 4) is 0 Å². The van der Waals surface area contributed by atoms with Crippen LogP contribution < -0.4 is 10.6 Å². The van der Waals surface area contributed by atoms with E-state index in [-0.39, 0.29) is 44.4 Å². The van der Waals surface area contributed by atoms with Crippen LogP contribution in [0.1, 0.15) is 12.8 Å². The lowest BCUT2D eigenvalue weighted by Gasteiger charge is -2.32. The second-order valence-corrected chi connectivity index (χ2v) is 4.09. The number of hydrogen-bond donors (Lipinski definition) is 2. The quantitative estimate of drug-likeness (QED) is 0.665. The number of carbonyl (C=O) groups is 2. The molecule has 2 aliphatic rings. The zero-order valence-corrected chi connectivity index (χ0v) is 8.63. The van der Waals surface area contributed by atoms with Gasteiger partial charge in [-0.05, 0) is 0 Å². The minimum atomic E-state index is -2.66. The van der Waals surface area contributed by atoms with Crippen molar-refractivity contribution >= 4 is 11.9 Å². The van der Waals surface area contributed by atoms with Crippen molar-refractivity contribution < 1.29 is 18.4 Å². The predicted octanol–water partition coefficient (Wildman–Crippen LogP) is -0.0745. The van der Waals surface area contributed by atoms with Gasteiger partial charge >= 0.3 is 6.03 Å². The molecule has 0 aromatic rings. The van der Waals surface area contributed by atoms with E-state index in [0.717, 1.165) is 0 Å². The van der Waals surface area contributed by atoms with Crippen molar-refractivity contribution in [2.24, 2.45) is 0 Å². The maximum Gasteiger partial charge on any atom is 0.315 e. The van der Waals surface area contributed by atoms with Crippen LogP contribution in [-0.4, -0.2) is 48.4 Å². The van der Waals surface area contributed by atoms with Crippen LogP contribution >= 0.6 is 0 Å². The topological polar surface area (TPSA) is 61.4 Å². The van der Waals surface area contributed by atoms with Gasteiger partial charge in [-0.15, -0.1) is 0 Å². The van der Waals surface area contributed by atoms with Gasteiger partial charge in [0.25, 0.3) is 5.92 Å². The van der Waals surface area contributed by atoms with Gasteiger partial charge in [-0.1, -0.05) is 0 Å². The minimum Gasteiger partial charge on any atom is -0.340 e. The fourth-order valence-electron chi connectivity index (χ4n) is 1.88. The third-order valence-electron chi connectivity index (χ3n) is 2.88. The fourth-order valence-corrected chi connectivity index (χ4v) is 1.88. The first-order valence-electron chi connectivity index (χ1n) is 5.19. The van der Waals surface area contributed by atoms with E-state index in [4.69, 9.17) is 0 Å². The molecule has 0 radical (unpaired) electrons. The van der Waals surface area contributed by atoms with E-state index in [2.05, 4.69) is 10.6 Å². The lowest BCUT2D eigenvalue weighted by Crippen LogP contribution is -2.50. The van der Waals surface area contributed by atoms with E-state index in [9.17, 15) is 18.4 Å². The molecule has 2 aliphatic heterocycles. The van der Waals surface area contributed by atoms with Crippen LogP contribution in [0.5, 0.6) is 0 Å². The number of hydrogen-bond acceptors (Lipinski definition) is 2. The average molecular weight is 233 g/mol. The largest absolute Gasteiger partial charge is 0.340 e. The van der Waals surface area contributed by atoms with E-state index in [1.807, 2.05) is 0 Å². The van der Waals surface area contributed by atoms with Crippen molar-refractivity contribution in [2.45, 2.75) is 24.8 Å². The first-order valence-corrected chi connectivity index (χ1v) is 5.19. The average Bonchev–Trinajstić information content (AvgIpc) is 2.64. The van der Waals surface area contributed by atoms with E-state index < -0.39 is 12.0 Å². The van der Waals surface area contributed by atoms with Crippen molar-refractivity contribution in [3.63, 3.8) is 0 Å². The van der Waals surface area contributed by atoms with E-state index in [0.29, 0.717) is 0 Å². The number of piperidine rings is 1. The van der Waals surface area contributed by atoms with Crippen molar-refractivity contribution in [1.29, 1.82) is 0 Å². The summed E-state index contributed by atoms with van der Waals surface area (Å²) in [6.45, 7) is 0.334. The van der Waals surface area contributed by atoms with Crippen LogP contribution in [0.4, 0.5) is 13.6 Å². The zero-order chi connectivity index (χ0) is 11.8. The smallest absolute Gasteiger partial charge is 0.315 e. The molecule has 0 aliphatic carbocycles. The standard InChI is InChI=1S/C9H13F2N3O2/c10-9(11)1-3-14(4-2-9)7(15)6-5-12-8(16)13-6/h6H,1-5H2,(H2,12,13,16). The van der Waals surface area contributed by atoms with Gasteiger partial charge in [0.15, 0.2) is 0 Å². The van der Waals surface area contributed by atoms with Gasteiger partial charge in [0.05, 0.1) is 0 Å². The summed E-state index contributed by atoms with van der Waals surface area (Å²) in [5.41, 5.74) is 0. The number of nitrogens with one attached hydrogen (secondary N) is 2. The predicted molar refractivity (Wildman–Crippen MR) is 51.1 cm³/mol. The highest BCUT2D eigenvalue weighted by Crippen LogP contribution is 2.27. The highest BCUT2D eigenvalue weighted by Gasteiger charge is 2.38. The third kappa shape index (κ3) is 2.23. The molecule has 2 rings (SSSR count). The van der Waals surface area contributed by atoms with Crippen molar-refractivity contribution in [1.82, 2.24) is 15.5 Å². The highest BCUT2D eigenvalue weighted by molar-refractivity contribution is 5.90. The molecule has 0 bridgehead atoms. The summed E-state index contributed by atoms with van der Waals surface area (Å²) < 4.78 is 25.7. The molecule has 1 atom stereocenters.